The highest BCUT2D eigenvalue weighted by molar-refractivity contribution is 6.39. The highest BCUT2D eigenvalue weighted by Gasteiger charge is 2.38. The van der Waals surface area contributed by atoms with Crippen LogP contribution in [-0.2, 0) is 4.79 Å². The van der Waals surface area contributed by atoms with Gasteiger partial charge in [-0.3, -0.25) is 4.79 Å². The highest BCUT2D eigenvalue weighted by Crippen LogP contribution is 2.48. The Labute approximate surface area is 139 Å². The summed E-state index contributed by atoms with van der Waals surface area (Å²) in [6.45, 7) is 0. The van der Waals surface area contributed by atoms with Crippen molar-refractivity contribution in [3.05, 3.63) is 32.8 Å². The molecule has 1 fully saturated rings. The normalized spacial score (nSPS) is 18.7. The second-order valence-electron chi connectivity index (χ2n) is 5.87. The standard InChI is InChI=1S/C15H18Cl3NO2/c16-9-5-10(17)14(11(18)6-9)12(19)7-15(8-13(20)21)3-1-2-4-15/h5-6,12H,1-4,7-8,19H2,(H,20,21). The zero-order valence-corrected chi connectivity index (χ0v) is 13.8. The van der Waals surface area contributed by atoms with Gasteiger partial charge >= 0.3 is 5.97 Å². The Morgan fingerprint density at radius 1 is 1.24 bits per heavy atom. The maximum atomic E-state index is 11.1. The number of benzene rings is 1. The van der Waals surface area contributed by atoms with Gasteiger partial charge in [0.1, 0.15) is 0 Å². The molecule has 1 aromatic rings. The molecule has 1 unspecified atom stereocenters. The van der Waals surface area contributed by atoms with E-state index in [2.05, 4.69) is 0 Å². The van der Waals surface area contributed by atoms with Crippen molar-refractivity contribution in [1.29, 1.82) is 0 Å². The summed E-state index contributed by atoms with van der Waals surface area (Å²) in [5.41, 5.74) is 6.68. The van der Waals surface area contributed by atoms with Crippen LogP contribution < -0.4 is 5.73 Å². The molecule has 6 heteroatoms. The molecule has 0 aromatic heterocycles. The summed E-state index contributed by atoms with van der Waals surface area (Å²) in [5.74, 6) is -0.780. The van der Waals surface area contributed by atoms with E-state index < -0.39 is 5.97 Å². The zero-order chi connectivity index (χ0) is 15.6. The third kappa shape index (κ3) is 4.04. The third-order valence-corrected chi connectivity index (χ3v) is 5.10. The second-order valence-corrected chi connectivity index (χ2v) is 7.12. The molecule has 3 N–H and O–H groups in total. The summed E-state index contributed by atoms with van der Waals surface area (Å²) in [5, 5.41) is 10.5. The molecule has 0 bridgehead atoms. The Morgan fingerprint density at radius 3 is 2.24 bits per heavy atom. The van der Waals surface area contributed by atoms with E-state index in [1.165, 1.54) is 0 Å². The zero-order valence-electron chi connectivity index (χ0n) is 11.5. The van der Waals surface area contributed by atoms with E-state index in [-0.39, 0.29) is 17.9 Å². The van der Waals surface area contributed by atoms with Gasteiger partial charge in [0.25, 0.3) is 0 Å². The fourth-order valence-electron chi connectivity index (χ4n) is 3.38. The highest BCUT2D eigenvalue weighted by atomic mass is 35.5. The molecular weight excluding hydrogens is 333 g/mol. The molecule has 0 aliphatic heterocycles. The molecule has 2 rings (SSSR count). The number of hydrogen-bond donors (Lipinski definition) is 2. The molecule has 3 nitrogen and oxygen atoms in total. The van der Waals surface area contributed by atoms with Crippen LogP contribution in [0.15, 0.2) is 12.1 Å². The first-order chi connectivity index (χ1) is 9.83. The van der Waals surface area contributed by atoms with Gasteiger partial charge in [-0.15, -0.1) is 0 Å². The minimum Gasteiger partial charge on any atom is -0.481 e. The van der Waals surface area contributed by atoms with Crippen LogP contribution in [0.1, 0.15) is 50.1 Å². The summed E-state index contributed by atoms with van der Waals surface area (Å²) >= 11 is 18.3. The van der Waals surface area contributed by atoms with Gasteiger partial charge in [-0.25, -0.2) is 0 Å². The summed E-state index contributed by atoms with van der Waals surface area (Å²) in [7, 11) is 0. The van der Waals surface area contributed by atoms with Crippen LogP contribution in [0.5, 0.6) is 0 Å². The van der Waals surface area contributed by atoms with Gasteiger partial charge in [0, 0.05) is 26.7 Å². The van der Waals surface area contributed by atoms with Crippen molar-refractivity contribution in [1.82, 2.24) is 0 Å². The lowest BCUT2D eigenvalue weighted by atomic mass is 9.76. The molecule has 0 heterocycles. The van der Waals surface area contributed by atoms with E-state index in [0.717, 1.165) is 25.7 Å². The van der Waals surface area contributed by atoms with Crippen LogP contribution in [0.25, 0.3) is 0 Å². The molecule has 1 aromatic carbocycles. The second kappa shape index (κ2) is 6.74. The van der Waals surface area contributed by atoms with E-state index in [0.29, 0.717) is 27.1 Å². The number of halogens is 3. The molecule has 1 aliphatic rings. The molecule has 1 atom stereocenters. The van der Waals surface area contributed by atoms with Gasteiger partial charge in [-0.2, -0.15) is 0 Å². The average molecular weight is 351 g/mol. The Kier molecular flexibility index (Phi) is 5.42. The Hall–Kier alpha value is -0.480. The number of aliphatic carboxylic acids is 1. The van der Waals surface area contributed by atoms with Crippen molar-refractivity contribution in [3.63, 3.8) is 0 Å². The van der Waals surface area contributed by atoms with Crippen LogP contribution >= 0.6 is 34.8 Å². The van der Waals surface area contributed by atoms with Crippen LogP contribution in [0.4, 0.5) is 0 Å². The summed E-state index contributed by atoms with van der Waals surface area (Å²) in [6, 6.07) is 2.84. The number of nitrogens with two attached hydrogens (primary N) is 1. The van der Waals surface area contributed by atoms with Gasteiger partial charge in [0.15, 0.2) is 0 Å². The molecule has 1 aliphatic carbocycles. The van der Waals surface area contributed by atoms with Gasteiger partial charge in [-0.1, -0.05) is 47.6 Å². The SMILES string of the molecule is NC(CC1(CC(=O)O)CCCC1)c1c(Cl)cc(Cl)cc1Cl. The number of hydrogen-bond acceptors (Lipinski definition) is 2. The van der Waals surface area contributed by atoms with Gasteiger partial charge < -0.3 is 10.8 Å². The summed E-state index contributed by atoms with van der Waals surface area (Å²) < 4.78 is 0. The lowest BCUT2D eigenvalue weighted by Crippen LogP contribution is -2.27. The van der Waals surface area contributed by atoms with Crippen molar-refractivity contribution in [2.24, 2.45) is 11.1 Å². The van der Waals surface area contributed by atoms with Crippen LogP contribution in [0, 0.1) is 5.41 Å². The molecule has 0 spiro atoms. The molecule has 0 saturated heterocycles. The van der Waals surface area contributed by atoms with Gasteiger partial charge in [-0.05, 0) is 36.8 Å². The fraction of sp³-hybridized carbons (Fsp3) is 0.533. The van der Waals surface area contributed by atoms with E-state index in [1.807, 2.05) is 0 Å². The van der Waals surface area contributed by atoms with Gasteiger partial charge in [0.05, 0.1) is 6.42 Å². The van der Waals surface area contributed by atoms with Crippen molar-refractivity contribution in [2.45, 2.75) is 44.6 Å². The molecular formula is C15H18Cl3NO2. The van der Waals surface area contributed by atoms with Crippen LogP contribution in [0.2, 0.25) is 15.1 Å². The topological polar surface area (TPSA) is 63.3 Å². The first-order valence-electron chi connectivity index (χ1n) is 6.95. The number of rotatable bonds is 5. The predicted octanol–water partition coefficient (Wildman–Crippen LogP) is 5.07. The monoisotopic (exact) mass is 349 g/mol. The first-order valence-corrected chi connectivity index (χ1v) is 8.08. The average Bonchev–Trinajstić information content (AvgIpc) is 2.74. The van der Waals surface area contributed by atoms with E-state index in [4.69, 9.17) is 45.6 Å². The summed E-state index contributed by atoms with van der Waals surface area (Å²) in [4.78, 5) is 11.1. The molecule has 0 amide bonds. The molecule has 1 saturated carbocycles. The lowest BCUT2D eigenvalue weighted by Gasteiger charge is -2.31. The Balaban J connectivity index is 2.23. The van der Waals surface area contributed by atoms with E-state index in [1.54, 1.807) is 12.1 Å². The molecule has 116 valence electrons. The third-order valence-electron chi connectivity index (χ3n) is 4.26. The lowest BCUT2D eigenvalue weighted by molar-refractivity contribution is -0.139. The van der Waals surface area contributed by atoms with E-state index >= 15 is 0 Å². The minimum absolute atomic E-state index is 0.142. The number of carboxylic acids is 1. The summed E-state index contributed by atoms with van der Waals surface area (Å²) in [6.07, 6.45) is 4.57. The predicted molar refractivity (Wildman–Crippen MR) is 86.2 cm³/mol. The molecule has 21 heavy (non-hydrogen) atoms. The Bertz CT molecular complexity index is 519. The Morgan fingerprint density at radius 2 is 1.76 bits per heavy atom. The van der Waals surface area contributed by atoms with Crippen molar-refractivity contribution in [2.75, 3.05) is 0 Å². The largest absolute Gasteiger partial charge is 0.481 e. The van der Waals surface area contributed by atoms with Crippen molar-refractivity contribution in [3.8, 4) is 0 Å². The van der Waals surface area contributed by atoms with Crippen molar-refractivity contribution >= 4 is 40.8 Å². The van der Waals surface area contributed by atoms with Crippen molar-refractivity contribution < 1.29 is 9.90 Å². The van der Waals surface area contributed by atoms with E-state index in [9.17, 15) is 4.79 Å². The minimum atomic E-state index is -0.780. The number of carbonyl (C=O) groups is 1. The smallest absolute Gasteiger partial charge is 0.303 e. The van der Waals surface area contributed by atoms with Gasteiger partial charge in [0.2, 0.25) is 0 Å². The first kappa shape index (κ1) is 16.9. The molecule has 0 radical (unpaired) electrons. The maximum absolute atomic E-state index is 11.1. The fourth-order valence-corrected chi connectivity index (χ4v) is 4.47. The van der Waals surface area contributed by atoms with Crippen LogP contribution in [0.3, 0.4) is 0 Å². The number of carboxylic acid groups (broad SMARTS) is 1. The maximum Gasteiger partial charge on any atom is 0.303 e. The van der Waals surface area contributed by atoms with Crippen LogP contribution in [-0.4, -0.2) is 11.1 Å². The quantitative estimate of drug-likeness (QED) is 0.779.